The van der Waals surface area contributed by atoms with Gasteiger partial charge in [-0.05, 0) is 39.0 Å². The van der Waals surface area contributed by atoms with Gasteiger partial charge in [0.25, 0.3) is 0 Å². The van der Waals surface area contributed by atoms with Crippen molar-refractivity contribution in [2.24, 2.45) is 0 Å². The third-order valence-electron chi connectivity index (χ3n) is 1.88. The maximum Gasteiger partial charge on any atom is 0.0646 e. The minimum atomic E-state index is -0.0945. The summed E-state index contributed by atoms with van der Waals surface area (Å²) in [7, 11) is 0. The number of anilines is 1. The summed E-state index contributed by atoms with van der Waals surface area (Å²) in [4.78, 5) is 0. The van der Waals surface area contributed by atoms with E-state index in [1.165, 1.54) is 0 Å². The highest BCUT2D eigenvalue weighted by Crippen LogP contribution is 2.25. The molecule has 1 rings (SSSR count). The van der Waals surface area contributed by atoms with Gasteiger partial charge in [-0.3, -0.25) is 0 Å². The lowest BCUT2D eigenvalue weighted by Crippen LogP contribution is -2.23. The van der Waals surface area contributed by atoms with Crippen LogP contribution in [0.5, 0.6) is 0 Å². The molecule has 0 fully saturated rings. The van der Waals surface area contributed by atoms with Gasteiger partial charge in [0.1, 0.15) is 0 Å². The minimum absolute atomic E-state index is 0.0945. The number of rotatable bonds is 4. The Morgan fingerprint density at radius 1 is 1.38 bits per heavy atom. The van der Waals surface area contributed by atoms with E-state index in [9.17, 15) is 0 Å². The molecule has 1 N–H and O–H groups in total. The lowest BCUT2D eigenvalue weighted by atomic mass is 10.2. The Kier molecular flexibility index (Phi) is 5.09. The predicted molar refractivity (Wildman–Crippen MR) is 73.3 cm³/mol. The topological polar surface area (TPSA) is 21.3 Å². The van der Waals surface area contributed by atoms with E-state index in [-0.39, 0.29) is 5.60 Å². The van der Waals surface area contributed by atoms with Crippen molar-refractivity contribution in [3.8, 4) is 0 Å². The molecule has 0 aliphatic heterocycles. The summed E-state index contributed by atoms with van der Waals surface area (Å²) in [5.74, 6) is 0. The molecule has 0 aromatic heterocycles. The fourth-order valence-corrected chi connectivity index (χ4v) is 1.72. The van der Waals surface area contributed by atoms with Gasteiger partial charge >= 0.3 is 0 Å². The lowest BCUT2D eigenvalue weighted by molar-refractivity contribution is 0.00333. The van der Waals surface area contributed by atoms with Crippen LogP contribution in [-0.2, 0) is 4.74 Å². The molecule has 0 saturated carbocycles. The van der Waals surface area contributed by atoms with Gasteiger partial charge in [-0.1, -0.05) is 27.5 Å². The molecule has 90 valence electrons. The maximum atomic E-state index is 6.04. The van der Waals surface area contributed by atoms with E-state index in [0.29, 0.717) is 6.61 Å². The van der Waals surface area contributed by atoms with Gasteiger partial charge in [0, 0.05) is 11.0 Å². The molecule has 0 amide bonds. The largest absolute Gasteiger partial charge is 0.381 e. The van der Waals surface area contributed by atoms with Crippen LogP contribution in [-0.4, -0.2) is 18.8 Å². The van der Waals surface area contributed by atoms with Crippen LogP contribution in [0.25, 0.3) is 0 Å². The van der Waals surface area contributed by atoms with Gasteiger partial charge in [-0.25, -0.2) is 0 Å². The third-order valence-corrected chi connectivity index (χ3v) is 2.70. The SMILES string of the molecule is CC(C)(C)OCCNc1cc(Br)ccc1Cl. The molecule has 0 unspecified atom stereocenters. The van der Waals surface area contributed by atoms with Gasteiger partial charge in [0.2, 0.25) is 0 Å². The maximum absolute atomic E-state index is 6.04. The summed E-state index contributed by atoms with van der Waals surface area (Å²) >= 11 is 9.45. The summed E-state index contributed by atoms with van der Waals surface area (Å²) in [5.41, 5.74) is 0.830. The number of hydrogen-bond donors (Lipinski definition) is 1. The standard InChI is InChI=1S/C12H17BrClNO/c1-12(2,3)16-7-6-15-11-8-9(13)4-5-10(11)14/h4-5,8,15H,6-7H2,1-3H3. The van der Waals surface area contributed by atoms with Gasteiger partial charge < -0.3 is 10.1 Å². The van der Waals surface area contributed by atoms with Gasteiger partial charge in [0.15, 0.2) is 0 Å². The Morgan fingerprint density at radius 3 is 2.69 bits per heavy atom. The number of ether oxygens (including phenoxy) is 1. The Bertz CT molecular complexity index is 349. The van der Waals surface area contributed by atoms with Crippen molar-refractivity contribution in [3.63, 3.8) is 0 Å². The van der Waals surface area contributed by atoms with E-state index in [0.717, 1.165) is 21.7 Å². The van der Waals surface area contributed by atoms with Gasteiger partial charge in [-0.15, -0.1) is 0 Å². The second-order valence-electron chi connectivity index (χ2n) is 4.51. The molecule has 0 bridgehead atoms. The highest BCUT2D eigenvalue weighted by Gasteiger charge is 2.09. The minimum Gasteiger partial charge on any atom is -0.381 e. The zero-order valence-corrected chi connectivity index (χ0v) is 12.2. The number of benzene rings is 1. The van der Waals surface area contributed by atoms with E-state index in [1.54, 1.807) is 0 Å². The van der Waals surface area contributed by atoms with Crippen LogP contribution in [0.1, 0.15) is 20.8 Å². The van der Waals surface area contributed by atoms with Crippen molar-refractivity contribution in [1.82, 2.24) is 0 Å². The molecule has 4 heteroatoms. The van der Waals surface area contributed by atoms with E-state index in [2.05, 4.69) is 21.2 Å². The van der Waals surface area contributed by atoms with Crippen LogP contribution in [0, 0.1) is 0 Å². The molecule has 0 aliphatic carbocycles. The third kappa shape index (κ3) is 5.19. The first-order valence-corrected chi connectivity index (χ1v) is 6.38. The van der Waals surface area contributed by atoms with Crippen molar-refractivity contribution in [2.75, 3.05) is 18.5 Å². The number of hydrogen-bond acceptors (Lipinski definition) is 2. The smallest absolute Gasteiger partial charge is 0.0646 e. The summed E-state index contributed by atoms with van der Waals surface area (Å²) in [5, 5.41) is 3.96. The summed E-state index contributed by atoms with van der Waals surface area (Å²) < 4.78 is 6.61. The molecule has 1 aromatic rings. The fraction of sp³-hybridized carbons (Fsp3) is 0.500. The Morgan fingerprint density at radius 2 is 2.06 bits per heavy atom. The zero-order chi connectivity index (χ0) is 12.2. The van der Waals surface area contributed by atoms with E-state index in [1.807, 2.05) is 39.0 Å². The van der Waals surface area contributed by atoms with Crippen LogP contribution in [0.15, 0.2) is 22.7 Å². The molecule has 0 spiro atoms. The van der Waals surface area contributed by atoms with Crippen molar-refractivity contribution in [2.45, 2.75) is 26.4 Å². The highest BCUT2D eigenvalue weighted by molar-refractivity contribution is 9.10. The van der Waals surface area contributed by atoms with Crippen LogP contribution < -0.4 is 5.32 Å². The summed E-state index contributed by atoms with van der Waals surface area (Å²) in [6, 6.07) is 5.73. The molecule has 0 aliphatic rings. The Balaban J connectivity index is 2.40. The molecule has 0 saturated heterocycles. The van der Waals surface area contributed by atoms with Crippen LogP contribution in [0.3, 0.4) is 0 Å². The van der Waals surface area contributed by atoms with Crippen LogP contribution in [0.2, 0.25) is 5.02 Å². The fourth-order valence-electron chi connectivity index (χ4n) is 1.18. The van der Waals surface area contributed by atoms with Crippen molar-refractivity contribution < 1.29 is 4.74 Å². The number of halogens is 2. The Hall–Kier alpha value is -0.250. The summed E-state index contributed by atoms with van der Waals surface area (Å²) in [6.45, 7) is 7.52. The molecular formula is C12H17BrClNO. The molecule has 0 atom stereocenters. The van der Waals surface area contributed by atoms with E-state index >= 15 is 0 Å². The van der Waals surface area contributed by atoms with Crippen molar-refractivity contribution in [1.29, 1.82) is 0 Å². The van der Waals surface area contributed by atoms with Crippen molar-refractivity contribution in [3.05, 3.63) is 27.7 Å². The monoisotopic (exact) mass is 305 g/mol. The highest BCUT2D eigenvalue weighted by atomic mass is 79.9. The first-order chi connectivity index (χ1) is 7.38. The van der Waals surface area contributed by atoms with Crippen molar-refractivity contribution >= 4 is 33.2 Å². The second kappa shape index (κ2) is 5.89. The van der Waals surface area contributed by atoms with Gasteiger partial charge in [-0.2, -0.15) is 0 Å². The van der Waals surface area contributed by atoms with Crippen LogP contribution in [0.4, 0.5) is 5.69 Å². The average Bonchev–Trinajstić information content (AvgIpc) is 2.16. The number of nitrogens with one attached hydrogen (secondary N) is 1. The predicted octanol–water partition coefficient (Wildman–Crippen LogP) is 4.33. The molecule has 16 heavy (non-hydrogen) atoms. The average molecular weight is 307 g/mol. The van der Waals surface area contributed by atoms with E-state index in [4.69, 9.17) is 16.3 Å². The molecule has 1 aromatic carbocycles. The second-order valence-corrected chi connectivity index (χ2v) is 5.83. The quantitative estimate of drug-likeness (QED) is 0.836. The molecule has 0 heterocycles. The first kappa shape index (κ1) is 13.8. The van der Waals surface area contributed by atoms with Gasteiger partial charge in [0.05, 0.1) is 22.9 Å². The normalized spacial score (nSPS) is 11.6. The molecular weight excluding hydrogens is 289 g/mol. The Labute approximate surface area is 110 Å². The lowest BCUT2D eigenvalue weighted by Gasteiger charge is -2.20. The molecule has 2 nitrogen and oxygen atoms in total. The van der Waals surface area contributed by atoms with Crippen LogP contribution >= 0.6 is 27.5 Å². The molecule has 0 radical (unpaired) electrons. The first-order valence-electron chi connectivity index (χ1n) is 5.21. The van der Waals surface area contributed by atoms with E-state index < -0.39 is 0 Å². The summed E-state index contributed by atoms with van der Waals surface area (Å²) in [6.07, 6.45) is 0. The zero-order valence-electron chi connectivity index (χ0n) is 9.81.